The summed E-state index contributed by atoms with van der Waals surface area (Å²) in [6, 6.07) is 10.8. The van der Waals surface area contributed by atoms with Gasteiger partial charge in [0.1, 0.15) is 0 Å². The van der Waals surface area contributed by atoms with Crippen molar-refractivity contribution in [3.63, 3.8) is 0 Å². The first-order valence-corrected chi connectivity index (χ1v) is 8.26. The molecule has 0 saturated heterocycles. The third-order valence-electron chi connectivity index (χ3n) is 4.01. The highest BCUT2D eigenvalue weighted by Gasteiger charge is 2.14. The van der Waals surface area contributed by atoms with Crippen molar-refractivity contribution < 1.29 is 23.7 Å². The Hall–Kier alpha value is -2.89. The lowest BCUT2D eigenvalue weighted by Gasteiger charge is -2.16. The summed E-state index contributed by atoms with van der Waals surface area (Å²) in [7, 11) is 6.30. The van der Waals surface area contributed by atoms with Crippen molar-refractivity contribution >= 4 is 5.91 Å². The minimum Gasteiger partial charge on any atom is -0.493 e. The molecule has 2 rings (SSSR count). The number of nitrogens with one attached hydrogen (secondary N) is 1. The van der Waals surface area contributed by atoms with E-state index in [0.717, 1.165) is 5.56 Å². The molecule has 0 radical (unpaired) electrons. The zero-order valence-corrected chi connectivity index (χ0v) is 15.8. The van der Waals surface area contributed by atoms with Crippen molar-refractivity contribution in [1.29, 1.82) is 0 Å². The van der Waals surface area contributed by atoms with Gasteiger partial charge < -0.3 is 24.3 Å². The molecule has 0 aromatic heterocycles. The van der Waals surface area contributed by atoms with Gasteiger partial charge in [0.05, 0.1) is 28.4 Å². The predicted octanol–water partition coefficient (Wildman–Crippen LogP) is 3.08. The van der Waals surface area contributed by atoms with Gasteiger partial charge in [0.2, 0.25) is 0 Å². The molecule has 1 unspecified atom stereocenters. The lowest BCUT2D eigenvalue weighted by Crippen LogP contribution is -2.34. The number of amides is 1. The van der Waals surface area contributed by atoms with Gasteiger partial charge in [-0.2, -0.15) is 0 Å². The third kappa shape index (κ3) is 4.59. The summed E-state index contributed by atoms with van der Waals surface area (Å²) in [5, 5.41) is 2.99. The minimum absolute atomic E-state index is 0.0614. The SMILES string of the molecule is COc1ccc(CC(C)NC(=O)c2ccc(OC)c(OC)c2)cc1OC. The van der Waals surface area contributed by atoms with Crippen LogP contribution in [0.25, 0.3) is 0 Å². The monoisotopic (exact) mass is 359 g/mol. The van der Waals surface area contributed by atoms with Crippen LogP contribution in [0.2, 0.25) is 0 Å². The molecule has 2 aromatic carbocycles. The average Bonchev–Trinajstić information content (AvgIpc) is 2.66. The molecule has 0 fully saturated rings. The maximum atomic E-state index is 12.5. The van der Waals surface area contributed by atoms with E-state index in [2.05, 4.69) is 5.32 Å². The fourth-order valence-corrected chi connectivity index (χ4v) is 2.70. The Kier molecular flexibility index (Phi) is 6.72. The van der Waals surface area contributed by atoms with Gasteiger partial charge in [0.25, 0.3) is 5.91 Å². The van der Waals surface area contributed by atoms with Gasteiger partial charge in [0, 0.05) is 11.6 Å². The summed E-state index contributed by atoms with van der Waals surface area (Å²) in [6.45, 7) is 1.95. The zero-order chi connectivity index (χ0) is 19.1. The Morgan fingerprint density at radius 1 is 0.846 bits per heavy atom. The average molecular weight is 359 g/mol. The van der Waals surface area contributed by atoms with E-state index in [1.54, 1.807) is 46.6 Å². The summed E-state index contributed by atoms with van der Waals surface area (Å²) in [5.41, 5.74) is 1.56. The Bertz CT molecular complexity index is 760. The molecular formula is C20H25NO5. The van der Waals surface area contributed by atoms with Crippen molar-refractivity contribution in [2.45, 2.75) is 19.4 Å². The van der Waals surface area contributed by atoms with Crippen LogP contribution in [0, 0.1) is 0 Å². The highest BCUT2D eigenvalue weighted by atomic mass is 16.5. The Balaban J connectivity index is 2.05. The highest BCUT2D eigenvalue weighted by Crippen LogP contribution is 2.29. The largest absolute Gasteiger partial charge is 0.493 e. The normalized spacial score (nSPS) is 11.4. The molecule has 2 aromatic rings. The molecule has 140 valence electrons. The second-order valence-electron chi connectivity index (χ2n) is 5.84. The van der Waals surface area contributed by atoms with Crippen molar-refractivity contribution in [2.24, 2.45) is 0 Å². The molecule has 0 saturated carbocycles. The third-order valence-corrected chi connectivity index (χ3v) is 4.01. The van der Waals surface area contributed by atoms with Gasteiger partial charge in [-0.3, -0.25) is 4.79 Å². The number of ether oxygens (including phenoxy) is 4. The van der Waals surface area contributed by atoms with Gasteiger partial charge in [-0.15, -0.1) is 0 Å². The van der Waals surface area contributed by atoms with Crippen LogP contribution in [0.4, 0.5) is 0 Å². The topological polar surface area (TPSA) is 66.0 Å². The smallest absolute Gasteiger partial charge is 0.251 e. The molecule has 1 N–H and O–H groups in total. The molecule has 0 heterocycles. The molecular weight excluding hydrogens is 334 g/mol. The number of rotatable bonds is 8. The van der Waals surface area contributed by atoms with Crippen molar-refractivity contribution in [3.05, 3.63) is 47.5 Å². The summed E-state index contributed by atoms with van der Waals surface area (Å²) in [4.78, 5) is 12.5. The number of carbonyl (C=O) groups is 1. The maximum absolute atomic E-state index is 12.5. The van der Waals surface area contributed by atoms with Crippen LogP contribution in [-0.2, 0) is 6.42 Å². The standard InChI is InChI=1S/C20H25NO5/c1-13(10-14-6-8-16(23-2)18(11-14)25-4)21-20(22)15-7-9-17(24-3)19(12-15)26-5/h6-9,11-13H,10H2,1-5H3,(H,21,22). The van der Waals surface area contributed by atoms with Gasteiger partial charge in [-0.05, 0) is 49.2 Å². The molecule has 0 aliphatic carbocycles. The van der Waals surface area contributed by atoms with E-state index in [4.69, 9.17) is 18.9 Å². The number of carbonyl (C=O) groups excluding carboxylic acids is 1. The molecule has 0 spiro atoms. The minimum atomic E-state index is -0.168. The fraction of sp³-hybridized carbons (Fsp3) is 0.350. The Labute approximate surface area is 154 Å². The Morgan fingerprint density at radius 3 is 1.96 bits per heavy atom. The van der Waals surface area contributed by atoms with Gasteiger partial charge in [-0.1, -0.05) is 6.07 Å². The molecule has 0 aliphatic rings. The highest BCUT2D eigenvalue weighted by molar-refractivity contribution is 5.95. The van der Waals surface area contributed by atoms with Gasteiger partial charge in [-0.25, -0.2) is 0 Å². The first kappa shape index (κ1) is 19.4. The number of hydrogen-bond acceptors (Lipinski definition) is 5. The second kappa shape index (κ2) is 8.99. The van der Waals surface area contributed by atoms with Gasteiger partial charge in [0.15, 0.2) is 23.0 Å². The first-order valence-electron chi connectivity index (χ1n) is 8.26. The molecule has 6 heteroatoms. The summed E-state index contributed by atoms with van der Waals surface area (Å²) in [5.74, 6) is 2.29. The predicted molar refractivity (Wildman–Crippen MR) is 99.7 cm³/mol. The maximum Gasteiger partial charge on any atom is 0.251 e. The van der Waals surface area contributed by atoms with E-state index < -0.39 is 0 Å². The molecule has 1 amide bonds. The quantitative estimate of drug-likeness (QED) is 0.785. The van der Waals surface area contributed by atoms with Crippen molar-refractivity contribution in [1.82, 2.24) is 5.32 Å². The second-order valence-corrected chi connectivity index (χ2v) is 5.84. The lowest BCUT2D eigenvalue weighted by atomic mass is 10.1. The van der Waals surface area contributed by atoms with Crippen LogP contribution in [0.3, 0.4) is 0 Å². The van der Waals surface area contributed by atoms with Crippen LogP contribution in [0.5, 0.6) is 23.0 Å². The van der Waals surface area contributed by atoms with Crippen LogP contribution < -0.4 is 24.3 Å². The van der Waals surface area contributed by atoms with Gasteiger partial charge >= 0.3 is 0 Å². The van der Waals surface area contributed by atoms with E-state index in [0.29, 0.717) is 35.0 Å². The lowest BCUT2D eigenvalue weighted by molar-refractivity contribution is 0.0939. The molecule has 0 aliphatic heterocycles. The first-order chi connectivity index (χ1) is 12.5. The van der Waals surface area contributed by atoms with E-state index in [1.165, 1.54) is 0 Å². The summed E-state index contributed by atoms with van der Waals surface area (Å²) < 4.78 is 21.0. The van der Waals surface area contributed by atoms with Crippen LogP contribution in [0.15, 0.2) is 36.4 Å². The number of benzene rings is 2. The van der Waals surface area contributed by atoms with Crippen molar-refractivity contribution in [2.75, 3.05) is 28.4 Å². The molecule has 26 heavy (non-hydrogen) atoms. The zero-order valence-electron chi connectivity index (χ0n) is 15.8. The fourth-order valence-electron chi connectivity index (χ4n) is 2.70. The van der Waals surface area contributed by atoms with Crippen LogP contribution in [-0.4, -0.2) is 40.4 Å². The van der Waals surface area contributed by atoms with E-state index >= 15 is 0 Å². The van der Waals surface area contributed by atoms with Crippen molar-refractivity contribution in [3.8, 4) is 23.0 Å². The van der Waals surface area contributed by atoms with E-state index in [-0.39, 0.29) is 11.9 Å². The number of hydrogen-bond donors (Lipinski definition) is 1. The Morgan fingerprint density at radius 2 is 1.38 bits per heavy atom. The van der Waals surface area contributed by atoms with Crippen LogP contribution >= 0.6 is 0 Å². The molecule has 6 nitrogen and oxygen atoms in total. The molecule has 0 bridgehead atoms. The van der Waals surface area contributed by atoms with Crippen LogP contribution in [0.1, 0.15) is 22.8 Å². The summed E-state index contributed by atoms with van der Waals surface area (Å²) >= 11 is 0. The van der Waals surface area contributed by atoms with E-state index in [9.17, 15) is 4.79 Å². The number of methoxy groups -OCH3 is 4. The summed E-state index contributed by atoms with van der Waals surface area (Å²) in [6.07, 6.45) is 0.666. The molecule has 1 atom stereocenters. The van der Waals surface area contributed by atoms with E-state index in [1.807, 2.05) is 25.1 Å².